The molecule has 1 aliphatic rings. The zero-order chi connectivity index (χ0) is 12.6. The fraction of sp³-hybridized carbons (Fsp3) is 0.455. The van der Waals surface area contributed by atoms with Gasteiger partial charge in [0.2, 0.25) is 5.91 Å². The lowest BCUT2D eigenvalue weighted by Crippen LogP contribution is -2.26. The molecule has 3 nitrogen and oxygen atoms in total. The van der Waals surface area contributed by atoms with E-state index in [4.69, 9.17) is 34.8 Å². The van der Waals surface area contributed by atoms with Gasteiger partial charge in [0.15, 0.2) is 5.82 Å². The standard InChI is InChI=1S/C11H11Cl3N2O/c1-6-8(13)3-9(14)11(15-6)16-5-7(4-12)2-10(16)17/h3,7H,2,4-5H2,1H3. The van der Waals surface area contributed by atoms with Gasteiger partial charge in [0.05, 0.1) is 15.7 Å². The molecule has 1 atom stereocenters. The van der Waals surface area contributed by atoms with Crippen LogP contribution in [-0.4, -0.2) is 23.3 Å². The van der Waals surface area contributed by atoms with Crippen molar-refractivity contribution in [2.24, 2.45) is 5.92 Å². The Hall–Kier alpha value is -0.510. The summed E-state index contributed by atoms with van der Waals surface area (Å²) in [6.45, 7) is 2.35. The maximum Gasteiger partial charge on any atom is 0.228 e. The smallest absolute Gasteiger partial charge is 0.228 e. The lowest BCUT2D eigenvalue weighted by atomic mass is 10.1. The molecule has 1 saturated heterocycles. The quantitative estimate of drug-likeness (QED) is 0.784. The number of hydrogen-bond donors (Lipinski definition) is 0. The third-order valence-electron chi connectivity index (χ3n) is 2.77. The largest absolute Gasteiger partial charge is 0.295 e. The molecule has 0 spiro atoms. The third kappa shape index (κ3) is 2.51. The topological polar surface area (TPSA) is 33.2 Å². The Morgan fingerprint density at radius 3 is 2.76 bits per heavy atom. The van der Waals surface area contributed by atoms with E-state index in [1.807, 2.05) is 0 Å². The highest BCUT2D eigenvalue weighted by atomic mass is 35.5. The number of alkyl halides is 1. The van der Waals surface area contributed by atoms with E-state index in [2.05, 4.69) is 4.98 Å². The van der Waals surface area contributed by atoms with E-state index in [9.17, 15) is 4.79 Å². The van der Waals surface area contributed by atoms with Crippen LogP contribution in [0.5, 0.6) is 0 Å². The third-order valence-corrected chi connectivity index (χ3v) is 3.86. The monoisotopic (exact) mass is 292 g/mol. The van der Waals surface area contributed by atoms with Gasteiger partial charge in [-0.05, 0) is 18.9 Å². The van der Waals surface area contributed by atoms with Crippen molar-refractivity contribution in [1.82, 2.24) is 4.98 Å². The van der Waals surface area contributed by atoms with Crippen molar-refractivity contribution >= 4 is 46.5 Å². The molecule has 1 unspecified atom stereocenters. The summed E-state index contributed by atoms with van der Waals surface area (Å²) < 4.78 is 0. The van der Waals surface area contributed by atoms with E-state index in [-0.39, 0.29) is 11.8 Å². The van der Waals surface area contributed by atoms with Crippen LogP contribution in [-0.2, 0) is 4.79 Å². The molecule has 1 aliphatic heterocycles. The highest BCUT2D eigenvalue weighted by Crippen LogP contribution is 2.32. The van der Waals surface area contributed by atoms with Crippen LogP contribution >= 0.6 is 34.8 Å². The van der Waals surface area contributed by atoms with Crippen LogP contribution < -0.4 is 4.90 Å². The van der Waals surface area contributed by atoms with Gasteiger partial charge in [-0.15, -0.1) is 11.6 Å². The highest BCUT2D eigenvalue weighted by molar-refractivity contribution is 6.36. The number of anilines is 1. The number of halogens is 3. The number of carbonyl (C=O) groups excluding carboxylic acids is 1. The minimum atomic E-state index is 0.00627. The molecule has 1 fully saturated rings. The summed E-state index contributed by atoms with van der Waals surface area (Å²) in [7, 11) is 0. The van der Waals surface area contributed by atoms with Crippen LogP contribution in [0.3, 0.4) is 0 Å². The Labute approximate surface area is 115 Å². The van der Waals surface area contributed by atoms with Crippen molar-refractivity contribution in [2.75, 3.05) is 17.3 Å². The van der Waals surface area contributed by atoms with E-state index in [0.717, 1.165) is 0 Å². The Balaban J connectivity index is 2.35. The molecule has 1 aromatic rings. The van der Waals surface area contributed by atoms with Crippen molar-refractivity contribution in [1.29, 1.82) is 0 Å². The van der Waals surface area contributed by atoms with E-state index >= 15 is 0 Å². The second kappa shape index (κ2) is 5.01. The minimum Gasteiger partial charge on any atom is -0.295 e. The number of amides is 1. The van der Waals surface area contributed by atoms with Gasteiger partial charge < -0.3 is 0 Å². The van der Waals surface area contributed by atoms with Crippen LogP contribution in [0.25, 0.3) is 0 Å². The summed E-state index contributed by atoms with van der Waals surface area (Å²) in [5.74, 6) is 1.11. The van der Waals surface area contributed by atoms with Gasteiger partial charge in [-0.25, -0.2) is 4.98 Å². The average molecular weight is 294 g/mol. The Bertz CT molecular complexity index is 464. The fourth-order valence-corrected chi connectivity index (χ4v) is 2.49. The number of pyridine rings is 1. The van der Waals surface area contributed by atoms with Crippen LogP contribution in [0.1, 0.15) is 12.1 Å². The maximum absolute atomic E-state index is 11.8. The fourth-order valence-electron chi connectivity index (χ4n) is 1.82. The number of rotatable bonds is 2. The predicted molar refractivity (Wildman–Crippen MR) is 70.2 cm³/mol. The summed E-state index contributed by atoms with van der Waals surface area (Å²) >= 11 is 17.7. The molecule has 0 saturated carbocycles. The SMILES string of the molecule is Cc1nc(N2CC(CCl)CC2=O)c(Cl)cc1Cl. The number of nitrogens with zero attached hydrogens (tertiary/aromatic N) is 2. The summed E-state index contributed by atoms with van der Waals surface area (Å²) in [5, 5.41) is 0.892. The van der Waals surface area contributed by atoms with Crippen molar-refractivity contribution in [2.45, 2.75) is 13.3 Å². The molecular formula is C11H11Cl3N2O. The van der Waals surface area contributed by atoms with Gasteiger partial charge in [0.1, 0.15) is 0 Å². The molecule has 0 N–H and O–H groups in total. The molecular weight excluding hydrogens is 282 g/mol. The lowest BCUT2D eigenvalue weighted by molar-refractivity contribution is -0.117. The molecule has 92 valence electrons. The van der Waals surface area contributed by atoms with Gasteiger partial charge in [-0.3, -0.25) is 9.69 Å². The van der Waals surface area contributed by atoms with Crippen LogP contribution in [0, 0.1) is 12.8 Å². The second-order valence-electron chi connectivity index (χ2n) is 4.09. The van der Waals surface area contributed by atoms with Gasteiger partial charge in [-0.1, -0.05) is 23.2 Å². The summed E-state index contributed by atoms with van der Waals surface area (Å²) in [4.78, 5) is 17.7. The normalized spacial score (nSPS) is 20.1. The molecule has 0 bridgehead atoms. The lowest BCUT2D eigenvalue weighted by Gasteiger charge is -2.17. The van der Waals surface area contributed by atoms with E-state index in [0.29, 0.717) is 40.4 Å². The molecule has 1 aromatic heterocycles. The first-order valence-electron chi connectivity index (χ1n) is 5.22. The Kier molecular flexibility index (Phi) is 3.81. The number of aromatic nitrogens is 1. The van der Waals surface area contributed by atoms with Gasteiger partial charge in [0, 0.05) is 18.8 Å². The molecule has 17 heavy (non-hydrogen) atoms. The highest BCUT2D eigenvalue weighted by Gasteiger charge is 2.32. The van der Waals surface area contributed by atoms with Crippen molar-refractivity contribution in [3.8, 4) is 0 Å². The number of carbonyl (C=O) groups is 1. The van der Waals surface area contributed by atoms with Gasteiger partial charge in [0.25, 0.3) is 0 Å². The minimum absolute atomic E-state index is 0.00627. The molecule has 0 aromatic carbocycles. The maximum atomic E-state index is 11.8. The predicted octanol–water partition coefficient (Wildman–Crippen LogP) is 3.29. The molecule has 2 heterocycles. The number of aryl methyl sites for hydroxylation is 1. The summed E-state index contributed by atoms with van der Waals surface area (Å²) in [5.41, 5.74) is 0.660. The first-order chi connectivity index (χ1) is 8.02. The van der Waals surface area contributed by atoms with Crippen molar-refractivity contribution < 1.29 is 4.79 Å². The molecule has 0 radical (unpaired) electrons. The molecule has 6 heteroatoms. The molecule has 0 aliphatic carbocycles. The van der Waals surface area contributed by atoms with E-state index < -0.39 is 0 Å². The summed E-state index contributed by atoms with van der Waals surface area (Å²) in [6.07, 6.45) is 0.448. The Morgan fingerprint density at radius 1 is 1.47 bits per heavy atom. The first kappa shape index (κ1) is 12.9. The van der Waals surface area contributed by atoms with Gasteiger partial charge in [-0.2, -0.15) is 0 Å². The van der Waals surface area contributed by atoms with Gasteiger partial charge >= 0.3 is 0 Å². The van der Waals surface area contributed by atoms with E-state index in [1.165, 1.54) is 0 Å². The van der Waals surface area contributed by atoms with Crippen molar-refractivity contribution in [3.63, 3.8) is 0 Å². The Morgan fingerprint density at radius 2 is 2.18 bits per heavy atom. The van der Waals surface area contributed by atoms with Crippen LogP contribution in [0.4, 0.5) is 5.82 Å². The zero-order valence-electron chi connectivity index (χ0n) is 9.21. The molecule has 2 rings (SSSR count). The van der Waals surface area contributed by atoms with Crippen LogP contribution in [0.2, 0.25) is 10.0 Å². The zero-order valence-corrected chi connectivity index (χ0v) is 11.5. The summed E-state index contributed by atoms with van der Waals surface area (Å²) in [6, 6.07) is 1.61. The molecule has 1 amide bonds. The second-order valence-corrected chi connectivity index (χ2v) is 5.21. The number of hydrogen-bond acceptors (Lipinski definition) is 2. The first-order valence-corrected chi connectivity index (χ1v) is 6.51. The van der Waals surface area contributed by atoms with E-state index in [1.54, 1.807) is 17.9 Å². The van der Waals surface area contributed by atoms with Crippen LogP contribution in [0.15, 0.2) is 6.07 Å². The average Bonchev–Trinajstić information content (AvgIpc) is 2.65. The van der Waals surface area contributed by atoms with Crippen molar-refractivity contribution in [3.05, 3.63) is 21.8 Å².